The topological polar surface area (TPSA) is 50.4 Å². The van der Waals surface area contributed by atoms with E-state index in [1.54, 1.807) is 7.11 Å². The average Bonchev–Trinajstić information content (AvgIpc) is 2.51. The number of amides is 1. The minimum Gasteiger partial charge on any atom is -0.384 e. The highest BCUT2D eigenvalue weighted by atomic mass is 16.5. The Hall–Kier alpha value is -1.39. The summed E-state index contributed by atoms with van der Waals surface area (Å²) >= 11 is 0. The average molecular weight is 290 g/mol. The molecule has 116 valence electrons. The largest absolute Gasteiger partial charge is 0.384 e. The smallest absolute Gasteiger partial charge is 0.233 e. The van der Waals surface area contributed by atoms with Gasteiger partial charge in [0.25, 0.3) is 0 Å². The highest BCUT2D eigenvalue weighted by Crippen LogP contribution is 2.30. The molecule has 0 bridgehead atoms. The minimum absolute atomic E-state index is 0.0779. The number of carbonyl (C=O) groups excluding carboxylic acids is 1. The number of methoxy groups -OCH3 is 1. The van der Waals surface area contributed by atoms with Crippen LogP contribution in [0.2, 0.25) is 0 Å². The van der Waals surface area contributed by atoms with Gasteiger partial charge in [0.15, 0.2) is 0 Å². The SMILES string of the molecule is CCCc1ccc(NC(=O)C2(COC)CCNCC2)cc1. The van der Waals surface area contributed by atoms with Crippen LogP contribution in [0, 0.1) is 5.41 Å². The number of hydrogen-bond donors (Lipinski definition) is 2. The third kappa shape index (κ3) is 4.05. The van der Waals surface area contributed by atoms with Crippen LogP contribution >= 0.6 is 0 Å². The van der Waals surface area contributed by atoms with Gasteiger partial charge in [0, 0.05) is 12.8 Å². The number of piperidine rings is 1. The Bertz CT molecular complexity index is 445. The molecule has 0 atom stereocenters. The fourth-order valence-corrected chi connectivity index (χ4v) is 2.93. The van der Waals surface area contributed by atoms with Crippen molar-refractivity contribution in [2.75, 3.05) is 32.1 Å². The van der Waals surface area contributed by atoms with Crippen LogP contribution in [0.3, 0.4) is 0 Å². The van der Waals surface area contributed by atoms with E-state index < -0.39 is 5.41 Å². The molecule has 1 amide bonds. The molecule has 0 radical (unpaired) electrons. The summed E-state index contributed by atoms with van der Waals surface area (Å²) in [5.41, 5.74) is 1.78. The molecule has 0 saturated carbocycles. The van der Waals surface area contributed by atoms with Gasteiger partial charge in [0.2, 0.25) is 5.91 Å². The maximum absolute atomic E-state index is 12.7. The first-order valence-electron chi connectivity index (χ1n) is 7.80. The molecule has 0 aromatic heterocycles. The lowest BCUT2D eigenvalue weighted by Crippen LogP contribution is -2.47. The van der Waals surface area contributed by atoms with Crippen LogP contribution in [0.25, 0.3) is 0 Å². The lowest BCUT2D eigenvalue weighted by Gasteiger charge is -2.35. The Labute approximate surface area is 127 Å². The van der Waals surface area contributed by atoms with Crippen LogP contribution in [0.1, 0.15) is 31.7 Å². The van der Waals surface area contributed by atoms with Crippen LogP contribution in [0.5, 0.6) is 0 Å². The Morgan fingerprint density at radius 2 is 1.95 bits per heavy atom. The van der Waals surface area contributed by atoms with Crippen molar-refractivity contribution in [2.24, 2.45) is 5.41 Å². The number of aryl methyl sites for hydroxylation is 1. The third-order valence-electron chi connectivity index (χ3n) is 4.21. The second-order valence-electron chi connectivity index (χ2n) is 5.86. The van der Waals surface area contributed by atoms with E-state index in [0.29, 0.717) is 6.61 Å². The van der Waals surface area contributed by atoms with Gasteiger partial charge in [-0.1, -0.05) is 25.5 Å². The summed E-state index contributed by atoms with van der Waals surface area (Å²) < 4.78 is 5.31. The van der Waals surface area contributed by atoms with E-state index in [4.69, 9.17) is 4.74 Å². The molecule has 0 unspecified atom stereocenters. The van der Waals surface area contributed by atoms with E-state index in [1.165, 1.54) is 5.56 Å². The number of anilines is 1. The quantitative estimate of drug-likeness (QED) is 0.846. The summed E-state index contributed by atoms with van der Waals surface area (Å²) in [5.74, 6) is 0.0779. The number of rotatable bonds is 6. The van der Waals surface area contributed by atoms with Gasteiger partial charge in [0.05, 0.1) is 12.0 Å². The molecule has 1 aliphatic heterocycles. The van der Waals surface area contributed by atoms with Crippen molar-refractivity contribution in [1.29, 1.82) is 0 Å². The van der Waals surface area contributed by atoms with Crippen molar-refractivity contribution < 1.29 is 9.53 Å². The van der Waals surface area contributed by atoms with E-state index in [2.05, 4.69) is 29.7 Å². The molecule has 4 heteroatoms. The van der Waals surface area contributed by atoms with Crippen molar-refractivity contribution in [2.45, 2.75) is 32.6 Å². The first kappa shape index (κ1) is 16.0. The zero-order chi connectivity index (χ0) is 15.1. The maximum Gasteiger partial charge on any atom is 0.233 e. The number of nitrogens with one attached hydrogen (secondary N) is 2. The van der Waals surface area contributed by atoms with Gasteiger partial charge in [-0.3, -0.25) is 4.79 Å². The molecule has 2 rings (SSSR count). The van der Waals surface area contributed by atoms with Gasteiger partial charge in [0.1, 0.15) is 0 Å². The molecule has 1 aromatic carbocycles. The zero-order valence-corrected chi connectivity index (χ0v) is 13.1. The molecule has 2 N–H and O–H groups in total. The molecule has 1 heterocycles. The number of carbonyl (C=O) groups is 1. The fraction of sp³-hybridized carbons (Fsp3) is 0.588. The normalized spacial score (nSPS) is 17.4. The second kappa shape index (κ2) is 7.57. The Morgan fingerprint density at radius 1 is 1.29 bits per heavy atom. The monoisotopic (exact) mass is 290 g/mol. The molecule has 1 aliphatic rings. The molecule has 1 saturated heterocycles. The van der Waals surface area contributed by atoms with Crippen LogP contribution in [-0.4, -0.2) is 32.7 Å². The van der Waals surface area contributed by atoms with Crippen LogP contribution in [0.4, 0.5) is 5.69 Å². The second-order valence-corrected chi connectivity index (χ2v) is 5.86. The number of benzene rings is 1. The lowest BCUT2D eigenvalue weighted by molar-refractivity contribution is -0.130. The summed E-state index contributed by atoms with van der Waals surface area (Å²) in [7, 11) is 1.66. The Kier molecular flexibility index (Phi) is 5.76. The van der Waals surface area contributed by atoms with E-state index in [0.717, 1.165) is 44.5 Å². The first-order chi connectivity index (χ1) is 10.2. The molecule has 21 heavy (non-hydrogen) atoms. The Morgan fingerprint density at radius 3 is 2.52 bits per heavy atom. The number of hydrogen-bond acceptors (Lipinski definition) is 3. The summed E-state index contributed by atoms with van der Waals surface area (Å²) in [5, 5.41) is 6.36. The summed E-state index contributed by atoms with van der Waals surface area (Å²) in [6.45, 7) is 4.38. The zero-order valence-electron chi connectivity index (χ0n) is 13.1. The molecule has 1 fully saturated rings. The molecule has 4 nitrogen and oxygen atoms in total. The van der Waals surface area contributed by atoms with Gasteiger partial charge >= 0.3 is 0 Å². The predicted molar refractivity (Wildman–Crippen MR) is 85.5 cm³/mol. The van der Waals surface area contributed by atoms with Gasteiger partial charge < -0.3 is 15.4 Å². The lowest BCUT2D eigenvalue weighted by atomic mass is 9.78. The molecular weight excluding hydrogens is 264 g/mol. The van der Waals surface area contributed by atoms with Gasteiger partial charge in [-0.05, 0) is 50.0 Å². The molecule has 0 aliphatic carbocycles. The van der Waals surface area contributed by atoms with Crippen molar-refractivity contribution in [1.82, 2.24) is 5.32 Å². The van der Waals surface area contributed by atoms with Gasteiger partial charge in [-0.15, -0.1) is 0 Å². The first-order valence-corrected chi connectivity index (χ1v) is 7.80. The van der Waals surface area contributed by atoms with Crippen molar-refractivity contribution in [3.05, 3.63) is 29.8 Å². The van der Waals surface area contributed by atoms with E-state index in [-0.39, 0.29) is 5.91 Å². The van der Waals surface area contributed by atoms with Crippen molar-refractivity contribution in [3.8, 4) is 0 Å². The van der Waals surface area contributed by atoms with Crippen LogP contribution in [0.15, 0.2) is 24.3 Å². The van der Waals surface area contributed by atoms with Gasteiger partial charge in [-0.25, -0.2) is 0 Å². The van der Waals surface area contributed by atoms with Crippen LogP contribution in [-0.2, 0) is 16.0 Å². The summed E-state index contributed by atoms with van der Waals surface area (Å²) in [6, 6.07) is 8.16. The molecule has 0 spiro atoms. The van der Waals surface area contributed by atoms with E-state index >= 15 is 0 Å². The third-order valence-corrected chi connectivity index (χ3v) is 4.21. The van der Waals surface area contributed by atoms with Crippen molar-refractivity contribution >= 4 is 11.6 Å². The highest BCUT2D eigenvalue weighted by Gasteiger charge is 2.39. The molecular formula is C17H26N2O2. The highest BCUT2D eigenvalue weighted by molar-refractivity contribution is 5.95. The van der Waals surface area contributed by atoms with Crippen LogP contribution < -0.4 is 10.6 Å². The van der Waals surface area contributed by atoms with E-state index in [1.807, 2.05) is 12.1 Å². The van der Waals surface area contributed by atoms with Crippen molar-refractivity contribution in [3.63, 3.8) is 0 Å². The standard InChI is InChI=1S/C17H26N2O2/c1-3-4-14-5-7-15(8-6-14)19-16(20)17(13-21-2)9-11-18-12-10-17/h5-8,18H,3-4,9-13H2,1-2H3,(H,19,20). The summed E-state index contributed by atoms with van der Waals surface area (Å²) in [4.78, 5) is 12.7. The predicted octanol–water partition coefficient (Wildman–Crippen LogP) is 2.59. The molecule has 1 aromatic rings. The van der Waals surface area contributed by atoms with Gasteiger partial charge in [-0.2, -0.15) is 0 Å². The fourth-order valence-electron chi connectivity index (χ4n) is 2.93. The summed E-state index contributed by atoms with van der Waals surface area (Å²) in [6.07, 6.45) is 3.85. The number of ether oxygens (including phenoxy) is 1. The minimum atomic E-state index is -0.401. The maximum atomic E-state index is 12.7. The van der Waals surface area contributed by atoms with E-state index in [9.17, 15) is 4.79 Å². The Balaban J connectivity index is 2.04.